The molecule has 0 aliphatic heterocycles. The molecule has 0 saturated heterocycles. The quantitative estimate of drug-likeness (QED) is 0.884. The van der Waals surface area contributed by atoms with E-state index in [0.717, 1.165) is 6.42 Å². The van der Waals surface area contributed by atoms with E-state index in [1.54, 1.807) is 6.07 Å². The fourth-order valence-corrected chi connectivity index (χ4v) is 2.71. The highest BCUT2D eigenvalue weighted by molar-refractivity contribution is 5.94. The normalized spacial score (nSPS) is 19.7. The maximum atomic E-state index is 12.2. The van der Waals surface area contributed by atoms with Gasteiger partial charge in [-0.2, -0.15) is 5.10 Å². The first-order valence-corrected chi connectivity index (χ1v) is 7.16. The Morgan fingerprint density at radius 2 is 2.14 bits per heavy atom. The third-order valence-electron chi connectivity index (χ3n) is 3.90. The Morgan fingerprint density at radius 1 is 1.36 bits per heavy atom. The fourth-order valence-electron chi connectivity index (χ4n) is 2.71. The lowest BCUT2D eigenvalue weighted by Gasteiger charge is -2.05. The number of nitrogens with one attached hydrogen (secondary N) is 1. The van der Waals surface area contributed by atoms with Crippen LogP contribution in [0.15, 0.2) is 36.5 Å². The first kappa shape index (κ1) is 14.3. The van der Waals surface area contributed by atoms with Crippen LogP contribution in [0.1, 0.15) is 23.5 Å². The second-order valence-corrected chi connectivity index (χ2v) is 5.59. The molecule has 3 rings (SSSR count). The van der Waals surface area contributed by atoms with E-state index >= 15 is 0 Å². The Balaban J connectivity index is 1.61. The van der Waals surface area contributed by atoms with Crippen molar-refractivity contribution in [2.24, 2.45) is 5.92 Å². The van der Waals surface area contributed by atoms with E-state index in [0.29, 0.717) is 5.82 Å². The van der Waals surface area contributed by atoms with Crippen molar-refractivity contribution in [1.82, 2.24) is 9.78 Å². The molecule has 1 aromatic heterocycles. The average Bonchev–Trinajstić information content (AvgIpc) is 3.14. The highest BCUT2D eigenvalue weighted by Crippen LogP contribution is 2.48. The lowest BCUT2D eigenvalue weighted by Crippen LogP contribution is -2.16. The van der Waals surface area contributed by atoms with Crippen LogP contribution in [0.4, 0.5) is 5.82 Å². The average molecular weight is 299 g/mol. The number of aliphatic carboxylic acids is 1. The van der Waals surface area contributed by atoms with Gasteiger partial charge in [-0.25, -0.2) is 0 Å². The van der Waals surface area contributed by atoms with Gasteiger partial charge in [0.25, 0.3) is 0 Å². The Labute approximate surface area is 127 Å². The van der Waals surface area contributed by atoms with Crippen molar-refractivity contribution >= 4 is 17.7 Å². The van der Waals surface area contributed by atoms with Crippen LogP contribution >= 0.6 is 0 Å². The summed E-state index contributed by atoms with van der Waals surface area (Å²) in [5.41, 5.74) is 2.42. The molecule has 22 heavy (non-hydrogen) atoms. The minimum Gasteiger partial charge on any atom is -0.480 e. The van der Waals surface area contributed by atoms with Gasteiger partial charge in [0, 0.05) is 18.2 Å². The van der Waals surface area contributed by atoms with Gasteiger partial charge in [0.1, 0.15) is 6.54 Å². The zero-order valence-electron chi connectivity index (χ0n) is 12.2. The number of amides is 1. The minimum absolute atomic E-state index is 0.0364. The summed E-state index contributed by atoms with van der Waals surface area (Å²) in [4.78, 5) is 22.8. The Bertz CT molecular complexity index is 723. The highest BCUT2D eigenvalue weighted by Gasteiger charge is 2.44. The summed E-state index contributed by atoms with van der Waals surface area (Å²) >= 11 is 0. The van der Waals surface area contributed by atoms with E-state index < -0.39 is 5.97 Å². The molecular formula is C16H17N3O3. The molecule has 1 heterocycles. The molecule has 2 atom stereocenters. The second kappa shape index (κ2) is 5.63. The highest BCUT2D eigenvalue weighted by atomic mass is 16.4. The molecule has 0 radical (unpaired) electrons. The van der Waals surface area contributed by atoms with Gasteiger partial charge >= 0.3 is 5.97 Å². The van der Waals surface area contributed by atoms with Crippen LogP contribution in [-0.2, 0) is 16.1 Å². The third-order valence-corrected chi connectivity index (χ3v) is 3.90. The van der Waals surface area contributed by atoms with Crippen LogP contribution in [0.5, 0.6) is 0 Å². The Kier molecular flexibility index (Phi) is 3.66. The second-order valence-electron chi connectivity index (χ2n) is 5.59. The molecule has 1 fully saturated rings. The SMILES string of the molecule is Cc1ccccc1[C@H]1C[C@H]1C(=O)Nc1ccn(CC(=O)O)n1. The summed E-state index contributed by atoms with van der Waals surface area (Å²) in [5.74, 6) is -0.411. The van der Waals surface area contributed by atoms with Crippen molar-refractivity contribution in [3.63, 3.8) is 0 Å². The third kappa shape index (κ3) is 3.00. The van der Waals surface area contributed by atoms with Crippen LogP contribution in [0.3, 0.4) is 0 Å². The van der Waals surface area contributed by atoms with Crippen LogP contribution < -0.4 is 5.32 Å². The van der Waals surface area contributed by atoms with Gasteiger partial charge in [0.2, 0.25) is 5.91 Å². The van der Waals surface area contributed by atoms with E-state index in [1.807, 2.05) is 12.1 Å². The van der Waals surface area contributed by atoms with Crippen LogP contribution in [0, 0.1) is 12.8 Å². The molecule has 0 unspecified atom stereocenters. The van der Waals surface area contributed by atoms with Gasteiger partial charge in [-0.15, -0.1) is 0 Å². The van der Waals surface area contributed by atoms with Crippen LogP contribution in [0.25, 0.3) is 0 Å². The zero-order chi connectivity index (χ0) is 15.7. The summed E-state index contributed by atoms with van der Waals surface area (Å²) in [6.07, 6.45) is 2.38. The van der Waals surface area contributed by atoms with Crippen LogP contribution in [-0.4, -0.2) is 26.8 Å². The smallest absolute Gasteiger partial charge is 0.325 e. The van der Waals surface area contributed by atoms with Crippen molar-refractivity contribution < 1.29 is 14.7 Å². The molecule has 0 bridgehead atoms. The summed E-state index contributed by atoms with van der Waals surface area (Å²) < 4.78 is 1.28. The van der Waals surface area contributed by atoms with Gasteiger partial charge in [-0.3, -0.25) is 14.3 Å². The van der Waals surface area contributed by atoms with Gasteiger partial charge in [-0.1, -0.05) is 24.3 Å². The number of nitrogens with zero attached hydrogens (tertiary/aromatic N) is 2. The fraction of sp³-hybridized carbons (Fsp3) is 0.312. The topological polar surface area (TPSA) is 84.2 Å². The van der Waals surface area contributed by atoms with E-state index in [9.17, 15) is 9.59 Å². The van der Waals surface area contributed by atoms with Crippen molar-refractivity contribution in [3.05, 3.63) is 47.7 Å². The predicted octanol–water partition coefficient (Wildman–Crippen LogP) is 2.02. The molecule has 114 valence electrons. The monoisotopic (exact) mass is 299 g/mol. The number of carboxylic acid groups (broad SMARTS) is 1. The number of benzene rings is 1. The van der Waals surface area contributed by atoms with Gasteiger partial charge in [0.05, 0.1) is 0 Å². The Morgan fingerprint density at radius 3 is 2.86 bits per heavy atom. The zero-order valence-corrected chi connectivity index (χ0v) is 12.2. The minimum atomic E-state index is -0.970. The van der Waals surface area contributed by atoms with E-state index in [-0.39, 0.29) is 24.3 Å². The number of hydrogen-bond donors (Lipinski definition) is 2. The maximum absolute atomic E-state index is 12.2. The summed E-state index contributed by atoms with van der Waals surface area (Å²) in [5, 5.41) is 15.5. The molecule has 6 heteroatoms. The van der Waals surface area contributed by atoms with E-state index in [4.69, 9.17) is 5.11 Å². The molecule has 1 aliphatic carbocycles. The predicted molar refractivity (Wildman–Crippen MR) is 80.5 cm³/mol. The summed E-state index contributed by atoms with van der Waals surface area (Å²) in [7, 11) is 0. The first-order chi connectivity index (χ1) is 10.5. The number of aromatic nitrogens is 2. The molecule has 1 aliphatic rings. The van der Waals surface area contributed by atoms with Crippen molar-refractivity contribution in [2.45, 2.75) is 25.8 Å². The van der Waals surface area contributed by atoms with Crippen molar-refractivity contribution in [1.29, 1.82) is 0 Å². The lowest BCUT2D eigenvalue weighted by molar-refractivity contribution is -0.137. The molecule has 6 nitrogen and oxygen atoms in total. The molecule has 2 N–H and O–H groups in total. The first-order valence-electron chi connectivity index (χ1n) is 7.16. The van der Waals surface area contributed by atoms with Crippen molar-refractivity contribution in [2.75, 3.05) is 5.32 Å². The largest absolute Gasteiger partial charge is 0.480 e. The van der Waals surface area contributed by atoms with Crippen LogP contribution in [0.2, 0.25) is 0 Å². The summed E-state index contributed by atoms with van der Waals surface area (Å²) in [6.45, 7) is 1.83. The molecule has 1 amide bonds. The van der Waals surface area contributed by atoms with Gasteiger partial charge < -0.3 is 10.4 Å². The van der Waals surface area contributed by atoms with E-state index in [2.05, 4.69) is 29.5 Å². The molecule has 1 aromatic carbocycles. The molecule has 2 aromatic rings. The molecular weight excluding hydrogens is 282 g/mol. The van der Waals surface area contributed by atoms with Crippen molar-refractivity contribution in [3.8, 4) is 0 Å². The number of carbonyl (C=O) groups is 2. The standard InChI is InChI=1S/C16H17N3O3/c1-10-4-2-3-5-11(10)12-8-13(12)16(22)17-14-6-7-19(18-14)9-15(20)21/h2-7,12-13H,8-9H2,1H3,(H,20,21)(H,17,18,22)/t12-,13-/m1/s1. The van der Waals surface area contributed by atoms with E-state index in [1.165, 1.54) is 22.0 Å². The number of hydrogen-bond acceptors (Lipinski definition) is 3. The number of carbonyl (C=O) groups excluding carboxylic acids is 1. The van der Waals surface area contributed by atoms with Gasteiger partial charge in [0.15, 0.2) is 5.82 Å². The number of rotatable bonds is 5. The number of carboxylic acids is 1. The molecule has 0 spiro atoms. The number of aryl methyl sites for hydroxylation is 1. The Hall–Kier alpha value is -2.63. The summed E-state index contributed by atoms with van der Waals surface area (Å²) in [6, 6.07) is 9.70. The number of anilines is 1. The lowest BCUT2D eigenvalue weighted by atomic mass is 10.0. The molecule has 1 saturated carbocycles. The maximum Gasteiger partial charge on any atom is 0.325 e. The van der Waals surface area contributed by atoms with Gasteiger partial charge in [-0.05, 0) is 30.4 Å².